The first-order valence-corrected chi connectivity index (χ1v) is 13.6. The Kier molecular flexibility index (Phi) is 6.12. The van der Waals surface area contributed by atoms with Gasteiger partial charge in [-0.2, -0.15) is 0 Å². The predicted octanol–water partition coefficient (Wildman–Crippen LogP) is 3.28. The Hall–Kier alpha value is -3.31. The summed E-state index contributed by atoms with van der Waals surface area (Å²) >= 11 is 6.19. The van der Waals surface area contributed by atoms with E-state index in [4.69, 9.17) is 16.3 Å². The van der Waals surface area contributed by atoms with E-state index in [1.165, 1.54) is 4.90 Å². The summed E-state index contributed by atoms with van der Waals surface area (Å²) in [5, 5.41) is 5.68. The van der Waals surface area contributed by atoms with Crippen molar-refractivity contribution in [2.75, 3.05) is 31.6 Å². The van der Waals surface area contributed by atoms with Gasteiger partial charge in [-0.3, -0.25) is 19.2 Å². The number of amides is 3. The van der Waals surface area contributed by atoms with Crippen molar-refractivity contribution >= 4 is 40.8 Å². The lowest BCUT2D eigenvalue weighted by Gasteiger charge is -2.58. The molecule has 9 nitrogen and oxygen atoms in total. The smallest absolute Gasteiger partial charge is 0.293 e. The zero-order valence-corrected chi connectivity index (χ0v) is 22.9. The molecule has 40 heavy (non-hydrogen) atoms. The maximum absolute atomic E-state index is 14.1. The molecule has 1 aliphatic carbocycles. The van der Waals surface area contributed by atoms with Crippen molar-refractivity contribution in [3.63, 3.8) is 0 Å². The number of anilines is 1. The van der Waals surface area contributed by atoms with Crippen LogP contribution in [-0.2, 0) is 27.3 Å². The zero-order chi connectivity index (χ0) is 28.6. The van der Waals surface area contributed by atoms with Crippen molar-refractivity contribution < 1.29 is 32.7 Å². The van der Waals surface area contributed by atoms with Gasteiger partial charge in [0, 0.05) is 48.9 Å². The second-order valence-electron chi connectivity index (χ2n) is 11.7. The Balaban J connectivity index is 1.23. The van der Waals surface area contributed by atoms with E-state index < -0.39 is 47.8 Å². The number of nitrogens with one attached hydrogen (secondary N) is 2. The fraction of sp³-hybridized carbons (Fsp3) is 0.500. The highest BCUT2D eigenvalue weighted by atomic mass is 35.5. The molecule has 1 aromatic heterocycles. The lowest BCUT2D eigenvalue weighted by Crippen LogP contribution is -2.76. The van der Waals surface area contributed by atoms with Crippen LogP contribution >= 0.6 is 11.6 Å². The number of alkyl halides is 2. The molecule has 6 rings (SSSR count). The number of nitrogens with zero attached hydrogens (tertiary/aromatic N) is 2. The van der Waals surface area contributed by atoms with Crippen LogP contribution in [0.5, 0.6) is 0 Å². The van der Waals surface area contributed by atoms with Gasteiger partial charge >= 0.3 is 0 Å². The highest BCUT2D eigenvalue weighted by Crippen LogP contribution is 2.49. The van der Waals surface area contributed by atoms with Crippen LogP contribution < -0.4 is 10.6 Å². The molecule has 2 saturated heterocycles. The van der Waals surface area contributed by atoms with Crippen molar-refractivity contribution in [2.45, 2.75) is 57.5 Å². The molecule has 0 radical (unpaired) electrons. The van der Waals surface area contributed by atoms with E-state index in [1.807, 2.05) is 6.92 Å². The number of rotatable bonds is 6. The molecule has 1 aromatic carbocycles. The van der Waals surface area contributed by atoms with Crippen LogP contribution in [0.25, 0.3) is 0 Å². The maximum Gasteiger partial charge on any atom is 0.293 e. The summed E-state index contributed by atoms with van der Waals surface area (Å²) in [6.07, 6.45) is -0.586. The van der Waals surface area contributed by atoms with E-state index in [0.717, 1.165) is 5.56 Å². The minimum atomic E-state index is -3.12. The Morgan fingerprint density at radius 1 is 1.07 bits per heavy atom. The largest absolute Gasteiger partial charge is 0.380 e. The van der Waals surface area contributed by atoms with Gasteiger partial charge in [0.15, 0.2) is 0 Å². The van der Waals surface area contributed by atoms with E-state index in [0.29, 0.717) is 67.7 Å². The van der Waals surface area contributed by atoms with Crippen LogP contribution in [0.2, 0.25) is 5.02 Å². The van der Waals surface area contributed by atoms with Crippen LogP contribution in [0.15, 0.2) is 18.2 Å². The number of carbonyl (C=O) groups excluding carboxylic acids is 4. The van der Waals surface area contributed by atoms with Crippen LogP contribution in [0.3, 0.4) is 0 Å². The molecule has 0 unspecified atom stereocenters. The molecule has 2 aromatic rings. The lowest BCUT2D eigenvalue weighted by molar-refractivity contribution is -0.211. The van der Waals surface area contributed by atoms with E-state index in [1.54, 1.807) is 29.7 Å². The lowest BCUT2D eigenvalue weighted by atomic mass is 9.69. The average molecular weight is 575 g/mol. The zero-order valence-electron chi connectivity index (χ0n) is 22.2. The van der Waals surface area contributed by atoms with E-state index in [2.05, 4.69) is 10.6 Å². The van der Waals surface area contributed by atoms with Crippen molar-refractivity contribution in [3.8, 4) is 0 Å². The van der Waals surface area contributed by atoms with Crippen molar-refractivity contribution in [3.05, 3.63) is 51.3 Å². The molecule has 3 aliphatic heterocycles. The Morgan fingerprint density at radius 3 is 2.38 bits per heavy atom. The van der Waals surface area contributed by atoms with Gasteiger partial charge in [-0.25, -0.2) is 8.78 Å². The topological polar surface area (TPSA) is 110 Å². The van der Waals surface area contributed by atoms with Crippen LogP contribution in [0.1, 0.15) is 56.9 Å². The van der Waals surface area contributed by atoms with Gasteiger partial charge in [0.25, 0.3) is 23.5 Å². The number of hydrogen-bond acceptors (Lipinski definition) is 5. The number of benzene rings is 1. The molecule has 2 N–H and O–H groups in total. The SMILES string of the molecule is Cc1ccc(NC(=O)c2c(C)c(C(=O)C(=O)NC3(C(=O)N4CC5(COC5)C4)CC(F)(F)C3)c3n2CCC3)cc1Cl. The number of likely N-dealkylation sites (tertiary alicyclic amines) is 1. The number of ether oxygens (including phenoxy) is 1. The number of ketones is 1. The molecule has 212 valence electrons. The van der Waals surface area contributed by atoms with Crippen LogP contribution in [0, 0.1) is 19.3 Å². The summed E-state index contributed by atoms with van der Waals surface area (Å²) in [6.45, 7) is 5.68. The minimum Gasteiger partial charge on any atom is -0.380 e. The van der Waals surface area contributed by atoms with E-state index in [-0.39, 0.29) is 16.7 Å². The van der Waals surface area contributed by atoms with Gasteiger partial charge in [0.05, 0.1) is 24.2 Å². The fourth-order valence-electron chi connectivity index (χ4n) is 6.47. The Morgan fingerprint density at radius 2 is 1.77 bits per heavy atom. The molecule has 1 saturated carbocycles. The number of Topliss-reactive ketones (excluding diaryl/α,β-unsaturated/α-hetero) is 1. The third-order valence-electron chi connectivity index (χ3n) is 8.53. The molecule has 1 spiro atoms. The first-order valence-electron chi connectivity index (χ1n) is 13.3. The molecular formula is C28H29ClF2N4O5. The molecule has 3 fully saturated rings. The number of halogens is 3. The maximum atomic E-state index is 14.1. The minimum absolute atomic E-state index is 0.0743. The molecule has 0 bridgehead atoms. The number of fused-ring (bicyclic) bond motifs is 1. The molecule has 3 amide bonds. The van der Waals surface area contributed by atoms with Gasteiger partial charge in [-0.15, -0.1) is 0 Å². The first kappa shape index (κ1) is 26.9. The quantitative estimate of drug-likeness (QED) is 0.406. The summed E-state index contributed by atoms with van der Waals surface area (Å²) in [5.41, 5.74) is 0.535. The summed E-state index contributed by atoms with van der Waals surface area (Å²) in [4.78, 5) is 54.8. The second kappa shape index (κ2) is 9.10. The third-order valence-corrected chi connectivity index (χ3v) is 8.93. The number of carbonyl (C=O) groups is 4. The second-order valence-corrected chi connectivity index (χ2v) is 12.1. The third kappa shape index (κ3) is 4.21. The first-order chi connectivity index (χ1) is 18.8. The highest BCUT2D eigenvalue weighted by molar-refractivity contribution is 6.44. The molecule has 12 heteroatoms. The van der Waals surface area contributed by atoms with E-state index >= 15 is 0 Å². The Bertz CT molecular complexity index is 1470. The monoisotopic (exact) mass is 574 g/mol. The van der Waals surface area contributed by atoms with Crippen LogP contribution in [-0.4, -0.2) is 70.7 Å². The van der Waals surface area contributed by atoms with Crippen molar-refractivity contribution in [1.29, 1.82) is 0 Å². The normalized spacial score (nSPS) is 21.1. The van der Waals surface area contributed by atoms with Gasteiger partial charge < -0.3 is 24.8 Å². The standard InChI is InChI=1S/C28H29ClF2N4O5/c1-15-5-6-17(8-18(15)29)32-23(37)21-16(2)20(19-4-3-7-35(19)21)22(36)24(38)33-27(9-28(30,31)10-27)25(39)34-11-26(12-34)13-40-14-26/h5-6,8H,3-4,7,9-14H2,1-2H3,(H,32,37)(H,33,38). The van der Waals surface area contributed by atoms with Gasteiger partial charge in [-0.1, -0.05) is 17.7 Å². The highest BCUT2D eigenvalue weighted by Gasteiger charge is 2.65. The summed E-state index contributed by atoms with van der Waals surface area (Å²) in [7, 11) is 0. The summed E-state index contributed by atoms with van der Waals surface area (Å²) < 4.78 is 35.1. The van der Waals surface area contributed by atoms with E-state index in [9.17, 15) is 28.0 Å². The number of hydrogen-bond donors (Lipinski definition) is 2. The summed E-state index contributed by atoms with van der Waals surface area (Å²) in [6, 6.07) is 5.11. The van der Waals surface area contributed by atoms with Gasteiger partial charge in [0.1, 0.15) is 11.2 Å². The molecular weight excluding hydrogens is 546 g/mol. The number of aryl methyl sites for hydroxylation is 1. The molecule has 0 atom stereocenters. The van der Waals surface area contributed by atoms with Gasteiger partial charge in [-0.05, 0) is 49.9 Å². The van der Waals surface area contributed by atoms with Crippen molar-refractivity contribution in [1.82, 2.24) is 14.8 Å². The Labute approximate surface area is 234 Å². The predicted molar refractivity (Wildman–Crippen MR) is 141 cm³/mol. The summed E-state index contributed by atoms with van der Waals surface area (Å²) in [5.74, 6) is -6.27. The average Bonchev–Trinajstić information content (AvgIpc) is 3.37. The molecule has 4 aliphatic rings. The number of aromatic nitrogens is 1. The van der Waals surface area contributed by atoms with Crippen molar-refractivity contribution in [2.24, 2.45) is 5.41 Å². The van der Waals surface area contributed by atoms with Gasteiger partial charge in [0.2, 0.25) is 5.91 Å². The van der Waals surface area contributed by atoms with Crippen LogP contribution in [0.4, 0.5) is 14.5 Å². The fourth-order valence-corrected chi connectivity index (χ4v) is 6.65. The molecule has 4 heterocycles.